The molecule has 0 saturated heterocycles. The van der Waals surface area contributed by atoms with Crippen LogP contribution in [-0.2, 0) is 25.0 Å². The summed E-state index contributed by atoms with van der Waals surface area (Å²) in [6.07, 6.45) is 3.59. The van der Waals surface area contributed by atoms with E-state index in [9.17, 15) is 8.78 Å². The maximum Gasteiger partial charge on any atom is 0.166 e. The van der Waals surface area contributed by atoms with E-state index in [0.29, 0.717) is 18.8 Å². The maximum atomic E-state index is 14.3. The first kappa shape index (κ1) is 30.5. The fourth-order valence-electron chi connectivity index (χ4n) is 6.53. The number of ether oxygens (including phenoxy) is 1. The molecule has 0 bridgehead atoms. The Morgan fingerprint density at radius 2 is 1.28 bits per heavy atom. The molecule has 7 rings (SSSR count). The number of nitrogens with zero attached hydrogens (tertiary/aromatic N) is 3. The van der Waals surface area contributed by atoms with E-state index < -0.39 is 17.2 Å². The lowest BCUT2D eigenvalue weighted by atomic mass is 9.75. The van der Waals surface area contributed by atoms with E-state index in [0.717, 1.165) is 34.5 Å². The number of pyridine rings is 2. The largest absolute Gasteiger partial charge is 0.489 e. The molecule has 0 aliphatic carbocycles. The highest BCUT2D eigenvalue weighted by Crippen LogP contribution is 2.46. The van der Waals surface area contributed by atoms with Crippen LogP contribution in [0, 0.1) is 11.6 Å². The number of anilines is 1. The number of hydrogen-bond acceptors (Lipinski definition) is 5. The van der Waals surface area contributed by atoms with Gasteiger partial charge < -0.3 is 10.5 Å². The molecule has 1 aliphatic rings. The van der Waals surface area contributed by atoms with E-state index in [4.69, 9.17) is 27.1 Å². The minimum Gasteiger partial charge on any atom is -0.489 e. The summed E-state index contributed by atoms with van der Waals surface area (Å²) < 4.78 is 34.0. The van der Waals surface area contributed by atoms with E-state index in [1.807, 2.05) is 24.4 Å². The molecule has 234 valence electrons. The Balaban J connectivity index is 1.20. The zero-order chi connectivity index (χ0) is 32.4. The third-order valence-corrected chi connectivity index (χ3v) is 9.18. The Morgan fingerprint density at radius 1 is 0.723 bits per heavy atom. The summed E-state index contributed by atoms with van der Waals surface area (Å²) in [5.41, 5.74) is 12.9. The molecule has 3 heterocycles. The molecule has 4 aromatic carbocycles. The lowest BCUT2D eigenvalue weighted by Gasteiger charge is -2.43. The van der Waals surface area contributed by atoms with Crippen LogP contribution in [0.2, 0.25) is 5.02 Å². The Bertz CT molecular complexity index is 1930. The molecule has 2 aromatic heterocycles. The van der Waals surface area contributed by atoms with Crippen LogP contribution >= 0.6 is 11.6 Å². The van der Waals surface area contributed by atoms with Gasteiger partial charge >= 0.3 is 0 Å². The summed E-state index contributed by atoms with van der Waals surface area (Å²) in [7, 11) is 0. The Labute approximate surface area is 277 Å². The first-order chi connectivity index (χ1) is 22.9. The predicted octanol–water partition coefficient (Wildman–Crippen LogP) is 8.59. The van der Waals surface area contributed by atoms with Crippen molar-refractivity contribution in [3.8, 4) is 16.9 Å². The van der Waals surface area contributed by atoms with Crippen molar-refractivity contribution in [2.24, 2.45) is 0 Å². The minimum atomic E-state index is -0.678. The van der Waals surface area contributed by atoms with E-state index in [1.165, 1.54) is 16.7 Å². The number of halogens is 3. The Morgan fingerprint density at radius 3 is 1.89 bits per heavy atom. The highest BCUT2D eigenvalue weighted by molar-refractivity contribution is 6.31. The van der Waals surface area contributed by atoms with Gasteiger partial charge in [0.1, 0.15) is 11.6 Å². The van der Waals surface area contributed by atoms with Crippen molar-refractivity contribution < 1.29 is 13.5 Å². The van der Waals surface area contributed by atoms with Crippen LogP contribution in [0.3, 0.4) is 0 Å². The van der Waals surface area contributed by atoms with E-state index >= 15 is 0 Å². The van der Waals surface area contributed by atoms with Gasteiger partial charge in [0.05, 0.1) is 22.9 Å². The lowest BCUT2D eigenvalue weighted by molar-refractivity contribution is 0.156. The van der Waals surface area contributed by atoms with Gasteiger partial charge in [-0.2, -0.15) is 0 Å². The van der Waals surface area contributed by atoms with Crippen LogP contribution in [0.25, 0.3) is 11.1 Å². The summed E-state index contributed by atoms with van der Waals surface area (Å²) in [6.45, 7) is 1.36. The second-order valence-electron chi connectivity index (χ2n) is 11.5. The highest BCUT2D eigenvalue weighted by atomic mass is 35.5. The molecule has 0 radical (unpaired) electrons. The SMILES string of the molecule is Nc1ncc(-c2cnc3c(c2)CN(C(c2ccccc2)(c2ccccc2)c2ccccc2)C3)cc1OCCc1c(F)ccc(F)c1Cl. The molecule has 1 aliphatic heterocycles. The molecule has 0 saturated carbocycles. The quantitative estimate of drug-likeness (QED) is 0.126. The van der Waals surface area contributed by atoms with Crippen LogP contribution in [0.1, 0.15) is 33.5 Å². The van der Waals surface area contributed by atoms with Gasteiger partial charge in [0, 0.05) is 48.6 Å². The van der Waals surface area contributed by atoms with Crippen molar-refractivity contribution in [2.45, 2.75) is 25.0 Å². The molecular weight excluding hydrogens is 614 g/mol. The fourth-order valence-corrected chi connectivity index (χ4v) is 6.78. The maximum absolute atomic E-state index is 14.3. The molecule has 0 amide bonds. The van der Waals surface area contributed by atoms with Crippen LogP contribution < -0.4 is 10.5 Å². The van der Waals surface area contributed by atoms with Gasteiger partial charge in [-0.25, -0.2) is 13.8 Å². The summed E-state index contributed by atoms with van der Waals surface area (Å²) in [5.74, 6) is -0.733. The van der Waals surface area contributed by atoms with Crippen molar-refractivity contribution in [1.82, 2.24) is 14.9 Å². The van der Waals surface area contributed by atoms with Crippen LogP contribution in [-0.4, -0.2) is 21.5 Å². The number of rotatable bonds is 9. The number of aromatic nitrogens is 2. The molecular formula is C39H31ClF2N4O. The highest BCUT2D eigenvalue weighted by Gasteiger charge is 2.44. The summed E-state index contributed by atoms with van der Waals surface area (Å²) in [5, 5.41) is -0.248. The van der Waals surface area contributed by atoms with E-state index in [2.05, 4.69) is 88.7 Å². The van der Waals surface area contributed by atoms with Gasteiger partial charge in [-0.05, 0) is 46.5 Å². The first-order valence-corrected chi connectivity index (χ1v) is 15.7. The Kier molecular flexibility index (Phi) is 8.41. The van der Waals surface area contributed by atoms with Gasteiger partial charge in [0.15, 0.2) is 11.6 Å². The molecule has 0 atom stereocenters. The second kappa shape index (κ2) is 12.9. The monoisotopic (exact) mass is 644 g/mol. The fraction of sp³-hybridized carbons (Fsp3) is 0.128. The molecule has 0 spiro atoms. The standard InChI is InChI=1S/C39H31ClF2N4O/c40-37-32(33(41)16-17-34(37)42)18-19-47-36-21-27(23-45-38(36)43)26-20-28-24-46(25-35(28)44-22-26)39(29-10-4-1-5-11-29,30-12-6-2-7-13-30)31-14-8-3-9-15-31/h1-17,20-23H,18-19,24-25H2,(H2,43,45). The minimum absolute atomic E-state index is 0.0351. The topological polar surface area (TPSA) is 64.3 Å². The Hall–Kier alpha value is -5.11. The smallest absolute Gasteiger partial charge is 0.166 e. The van der Waals surface area contributed by atoms with Crippen LogP contribution in [0.4, 0.5) is 14.6 Å². The molecule has 8 heteroatoms. The third kappa shape index (κ3) is 5.73. The van der Waals surface area contributed by atoms with Crippen molar-refractivity contribution in [2.75, 3.05) is 12.3 Å². The zero-order valence-electron chi connectivity index (χ0n) is 25.4. The second-order valence-corrected chi connectivity index (χ2v) is 11.9. The van der Waals surface area contributed by atoms with Gasteiger partial charge in [0.2, 0.25) is 0 Å². The average Bonchev–Trinajstić information content (AvgIpc) is 3.54. The van der Waals surface area contributed by atoms with E-state index in [-0.39, 0.29) is 29.4 Å². The van der Waals surface area contributed by atoms with Gasteiger partial charge in [0.25, 0.3) is 0 Å². The number of benzene rings is 4. The molecule has 2 N–H and O–H groups in total. The molecule has 6 aromatic rings. The van der Waals surface area contributed by atoms with Gasteiger partial charge in [-0.1, -0.05) is 103 Å². The average molecular weight is 645 g/mol. The molecule has 5 nitrogen and oxygen atoms in total. The first-order valence-electron chi connectivity index (χ1n) is 15.4. The summed E-state index contributed by atoms with van der Waals surface area (Å²) in [4.78, 5) is 11.8. The third-order valence-electron chi connectivity index (χ3n) is 8.77. The van der Waals surface area contributed by atoms with Crippen molar-refractivity contribution in [3.05, 3.63) is 178 Å². The number of fused-ring (bicyclic) bond motifs is 1. The number of nitrogens with two attached hydrogens (primary N) is 1. The zero-order valence-corrected chi connectivity index (χ0v) is 26.2. The van der Waals surface area contributed by atoms with Gasteiger partial charge in [-0.15, -0.1) is 0 Å². The summed E-state index contributed by atoms with van der Waals surface area (Å²) in [6, 6.07) is 37.8. The van der Waals surface area contributed by atoms with Crippen molar-refractivity contribution in [1.29, 1.82) is 0 Å². The lowest BCUT2D eigenvalue weighted by Crippen LogP contribution is -2.45. The molecule has 0 fully saturated rings. The van der Waals surface area contributed by atoms with Crippen molar-refractivity contribution >= 4 is 17.4 Å². The number of hydrogen-bond donors (Lipinski definition) is 1. The molecule has 0 unspecified atom stereocenters. The van der Waals surface area contributed by atoms with Crippen LogP contribution in [0.5, 0.6) is 5.75 Å². The normalized spacial score (nSPS) is 13.0. The predicted molar refractivity (Wildman–Crippen MR) is 181 cm³/mol. The number of nitrogen functional groups attached to an aromatic ring is 1. The van der Waals surface area contributed by atoms with Crippen LogP contribution in [0.15, 0.2) is 128 Å². The van der Waals surface area contributed by atoms with E-state index in [1.54, 1.807) is 12.3 Å². The van der Waals surface area contributed by atoms with Crippen molar-refractivity contribution in [3.63, 3.8) is 0 Å². The van der Waals surface area contributed by atoms with Gasteiger partial charge in [-0.3, -0.25) is 9.88 Å². The summed E-state index contributed by atoms with van der Waals surface area (Å²) >= 11 is 5.99. The molecule has 47 heavy (non-hydrogen) atoms.